The quantitative estimate of drug-likeness (QED) is 0.779. The van der Waals surface area contributed by atoms with Crippen LogP contribution in [0.2, 0.25) is 0 Å². The number of aliphatic hydroxyl groups is 1. The molecule has 0 aromatic heterocycles. The van der Waals surface area contributed by atoms with Crippen LogP contribution in [0.25, 0.3) is 0 Å². The van der Waals surface area contributed by atoms with Gasteiger partial charge in [-0.2, -0.15) is 0 Å². The van der Waals surface area contributed by atoms with E-state index in [1.165, 1.54) is 0 Å². The maximum absolute atomic E-state index is 11.9. The Hall–Kier alpha value is -0.810. The van der Waals surface area contributed by atoms with E-state index in [4.69, 9.17) is 15.6 Å². The van der Waals surface area contributed by atoms with Crippen molar-refractivity contribution in [3.63, 3.8) is 0 Å². The average Bonchev–Trinajstić information content (AvgIpc) is 2.63. The highest BCUT2D eigenvalue weighted by molar-refractivity contribution is 5.68. The van der Waals surface area contributed by atoms with Crippen molar-refractivity contribution in [1.29, 1.82) is 0 Å². The summed E-state index contributed by atoms with van der Waals surface area (Å²) < 4.78 is 5.35. The van der Waals surface area contributed by atoms with Gasteiger partial charge in [-0.3, -0.25) is 0 Å². The van der Waals surface area contributed by atoms with E-state index in [0.29, 0.717) is 6.42 Å². The van der Waals surface area contributed by atoms with Gasteiger partial charge in [0.1, 0.15) is 5.60 Å². The number of hydrogen-bond donors (Lipinski definition) is 2. The van der Waals surface area contributed by atoms with Crippen molar-refractivity contribution in [2.24, 2.45) is 5.73 Å². The van der Waals surface area contributed by atoms with Crippen LogP contribution in [-0.4, -0.2) is 46.9 Å². The molecular formula is C12H24N2O3. The lowest BCUT2D eigenvalue weighted by Gasteiger charge is -2.29. The number of likely N-dealkylation sites (tertiary alicyclic amines) is 1. The number of aliphatic hydroxyl groups excluding tert-OH is 1. The summed E-state index contributed by atoms with van der Waals surface area (Å²) in [6.45, 7) is 6.25. The fourth-order valence-corrected chi connectivity index (χ4v) is 2.07. The summed E-state index contributed by atoms with van der Waals surface area (Å²) in [5.41, 5.74) is 5.24. The normalized spacial score (nSPS) is 22.6. The van der Waals surface area contributed by atoms with E-state index in [1.54, 1.807) is 4.90 Å². The van der Waals surface area contributed by atoms with Crippen LogP contribution in [0.3, 0.4) is 0 Å². The molecule has 0 aromatic carbocycles. The third-order valence-electron chi connectivity index (χ3n) is 2.81. The first-order valence-electron chi connectivity index (χ1n) is 6.19. The first kappa shape index (κ1) is 14.3. The summed E-state index contributed by atoms with van der Waals surface area (Å²) in [7, 11) is 0. The first-order chi connectivity index (χ1) is 7.83. The summed E-state index contributed by atoms with van der Waals surface area (Å²) in [5, 5.41) is 8.95. The summed E-state index contributed by atoms with van der Waals surface area (Å²) >= 11 is 0. The molecule has 1 amide bonds. The highest BCUT2D eigenvalue weighted by Crippen LogP contribution is 2.23. The van der Waals surface area contributed by atoms with Gasteiger partial charge >= 0.3 is 6.09 Å². The van der Waals surface area contributed by atoms with Gasteiger partial charge in [-0.05, 0) is 40.0 Å². The van der Waals surface area contributed by atoms with Crippen LogP contribution >= 0.6 is 0 Å². The minimum absolute atomic E-state index is 0.0430. The minimum Gasteiger partial charge on any atom is -0.444 e. The molecule has 1 saturated heterocycles. The lowest BCUT2D eigenvalue weighted by Crippen LogP contribution is -2.42. The highest BCUT2D eigenvalue weighted by atomic mass is 16.6. The minimum atomic E-state index is -0.469. The fourth-order valence-electron chi connectivity index (χ4n) is 2.07. The highest BCUT2D eigenvalue weighted by Gasteiger charge is 2.32. The molecule has 1 aliphatic rings. The molecule has 0 spiro atoms. The summed E-state index contributed by atoms with van der Waals surface area (Å²) in [4.78, 5) is 13.7. The number of carbonyl (C=O) groups excluding carboxylic acids is 1. The number of nitrogens with two attached hydrogens (primary N) is 1. The maximum atomic E-state index is 11.9. The molecule has 0 saturated carbocycles. The zero-order valence-electron chi connectivity index (χ0n) is 11.0. The van der Waals surface area contributed by atoms with Crippen LogP contribution in [-0.2, 0) is 4.74 Å². The van der Waals surface area contributed by atoms with Gasteiger partial charge in [-0.25, -0.2) is 4.79 Å². The Kier molecular flexibility index (Phi) is 4.77. The molecular weight excluding hydrogens is 220 g/mol. The van der Waals surface area contributed by atoms with E-state index in [-0.39, 0.29) is 24.8 Å². The van der Waals surface area contributed by atoms with Crippen molar-refractivity contribution in [3.8, 4) is 0 Å². The monoisotopic (exact) mass is 244 g/mol. The molecule has 3 N–H and O–H groups in total. The van der Waals surface area contributed by atoms with Gasteiger partial charge in [0.2, 0.25) is 0 Å². The largest absolute Gasteiger partial charge is 0.444 e. The Bertz CT molecular complexity index is 263. The number of hydrogen-bond acceptors (Lipinski definition) is 4. The van der Waals surface area contributed by atoms with Gasteiger partial charge < -0.3 is 20.5 Å². The molecule has 1 rings (SSSR count). The Morgan fingerprint density at radius 3 is 2.76 bits per heavy atom. The molecule has 100 valence electrons. The lowest BCUT2D eigenvalue weighted by molar-refractivity contribution is 0.0211. The second-order valence-corrected chi connectivity index (χ2v) is 5.65. The van der Waals surface area contributed by atoms with E-state index in [9.17, 15) is 4.79 Å². The predicted octanol–water partition coefficient (Wildman–Crippen LogP) is 1.10. The first-order valence-corrected chi connectivity index (χ1v) is 6.19. The van der Waals surface area contributed by atoms with Crippen LogP contribution in [0.1, 0.15) is 40.0 Å². The van der Waals surface area contributed by atoms with Crippen molar-refractivity contribution < 1.29 is 14.6 Å². The lowest BCUT2D eigenvalue weighted by atomic mass is 10.1. The van der Waals surface area contributed by atoms with E-state index in [0.717, 1.165) is 19.4 Å². The van der Waals surface area contributed by atoms with Gasteiger partial charge in [-0.15, -0.1) is 0 Å². The molecule has 1 heterocycles. The van der Waals surface area contributed by atoms with Crippen LogP contribution in [0.5, 0.6) is 0 Å². The molecule has 0 radical (unpaired) electrons. The molecule has 5 nitrogen and oxygen atoms in total. The second-order valence-electron chi connectivity index (χ2n) is 5.65. The number of amides is 1. The van der Waals surface area contributed by atoms with E-state index in [1.807, 2.05) is 20.8 Å². The topological polar surface area (TPSA) is 75.8 Å². The SMILES string of the molecule is CC(C)(C)OC(=O)N1CCC[C@H]1CC(N)CO. The third-order valence-corrected chi connectivity index (χ3v) is 2.81. The zero-order valence-corrected chi connectivity index (χ0v) is 11.0. The average molecular weight is 244 g/mol. The number of nitrogens with zero attached hydrogens (tertiary/aromatic N) is 1. The Labute approximate surface area is 103 Å². The molecule has 2 atom stereocenters. The summed E-state index contributed by atoms with van der Waals surface area (Å²) in [5.74, 6) is 0. The zero-order chi connectivity index (χ0) is 13.1. The summed E-state index contributed by atoms with van der Waals surface area (Å²) in [6, 6.07) is -0.157. The van der Waals surface area contributed by atoms with Crippen LogP contribution < -0.4 is 5.73 Å². The van der Waals surface area contributed by atoms with Crippen molar-refractivity contribution in [1.82, 2.24) is 4.90 Å². The Morgan fingerprint density at radius 2 is 2.24 bits per heavy atom. The molecule has 5 heteroatoms. The number of carbonyl (C=O) groups is 1. The summed E-state index contributed by atoms with van der Waals surface area (Å²) in [6.07, 6.45) is 2.27. The number of ether oxygens (including phenoxy) is 1. The maximum Gasteiger partial charge on any atom is 0.410 e. The van der Waals surface area contributed by atoms with Crippen LogP contribution in [0.4, 0.5) is 4.79 Å². The van der Waals surface area contributed by atoms with Gasteiger partial charge in [0.25, 0.3) is 0 Å². The second kappa shape index (κ2) is 5.69. The smallest absolute Gasteiger partial charge is 0.410 e. The molecule has 1 unspecified atom stereocenters. The number of rotatable bonds is 3. The molecule has 0 aromatic rings. The Balaban J connectivity index is 2.54. The van der Waals surface area contributed by atoms with Crippen LogP contribution in [0, 0.1) is 0 Å². The molecule has 1 fully saturated rings. The van der Waals surface area contributed by atoms with Gasteiger partial charge in [0, 0.05) is 18.6 Å². The molecule has 0 bridgehead atoms. The predicted molar refractivity (Wildman–Crippen MR) is 65.6 cm³/mol. The fraction of sp³-hybridized carbons (Fsp3) is 0.917. The van der Waals surface area contributed by atoms with E-state index < -0.39 is 5.60 Å². The van der Waals surface area contributed by atoms with E-state index >= 15 is 0 Å². The van der Waals surface area contributed by atoms with Gasteiger partial charge in [0.05, 0.1) is 6.61 Å². The van der Waals surface area contributed by atoms with Crippen LogP contribution in [0.15, 0.2) is 0 Å². The standard InChI is InChI=1S/C12H24N2O3/c1-12(2,3)17-11(16)14-6-4-5-10(14)7-9(13)8-15/h9-10,15H,4-8,13H2,1-3H3/t9?,10-/m0/s1. The molecule has 0 aliphatic carbocycles. The molecule has 17 heavy (non-hydrogen) atoms. The third kappa shape index (κ3) is 4.52. The van der Waals surface area contributed by atoms with Gasteiger partial charge in [0.15, 0.2) is 0 Å². The van der Waals surface area contributed by atoms with Crippen molar-refractivity contribution in [2.75, 3.05) is 13.2 Å². The Morgan fingerprint density at radius 1 is 1.59 bits per heavy atom. The van der Waals surface area contributed by atoms with Crippen molar-refractivity contribution >= 4 is 6.09 Å². The van der Waals surface area contributed by atoms with Gasteiger partial charge in [-0.1, -0.05) is 0 Å². The van der Waals surface area contributed by atoms with E-state index in [2.05, 4.69) is 0 Å². The van der Waals surface area contributed by atoms with Crippen molar-refractivity contribution in [2.45, 2.75) is 57.7 Å². The molecule has 1 aliphatic heterocycles. The van der Waals surface area contributed by atoms with Crippen molar-refractivity contribution in [3.05, 3.63) is 0 Å².